The Balaban J connectivity index is 1.42. The van der Waals surface area contributed by atoms with E-state index in [1.54, 1.807) is 41.3 Å². The Labute approximate surface area is 200 Å². The first-order chi connectivity index (χ1) is 16.8. The SMILES string of the molecule is CC(C)Cn1c(=O)c2ccccc2n2c(=O)n(CC(=O)N3CCN(c4ccc(F)cc4)CC3)nc12. The highest BCUT2D eigenvalue weighted by atomic mass is 19.1. The molecular weight excluding hydrogens is 451 g/mol. The number of nitrogens with zero attached hydrogens (tertiary/aromatic N) is 6. The van der Waals surface area contributed by atoms with Crippen molar-refractivity contribution < 1.29 is 9.18 Å². The highest BCUT2D eigenvalue weighted by Gasteiger charge is 2.24. The van der Waals surface area contributed by atoms with Gasteiger partial charge >= 0.3 is 5.69 Å². The minimum atomic E-state index is -0.452. The number of para-hydroxylation sites is 1. The highest BCUT2D eigenvalue weighted by Crippen LogP contribution is 2.17. The van der Waals surface area contributed by atoms with Crippen molar-refractivity contribution >= 4 is 28.3 Å². The molecule has 2 aromatic heterocycles. The summed E-state index contributed by atoms with van der Waals surface area (Å²) in [5.74, 6) is -0.0957. The molecule has 1 aliphatic rings. The van der Waals surface area contributed by atoms with Crippen LogP contribution in [-0.2, 0) is 17.9 Å². The van der Waals surface area contributed by atoms with Crippen LogP contribution in [0.4, 0.5) is 10.1 Å². The summed E-state index contributed by atoms with van der Waals surface area (Å²) in [5.41, 5.74) is 0.725. The topological polar surface area (TPSA) is 84.8 Å². The van der Waals surface area contributed by atoms with E-state index in [0.29, 0.717) is 43.6 Å². The van der Waals surface area contributed by atoms with Gasteiger partial charge in [-0.2, -0.15) is 0 Å². The lowest BCUT2D eigenvalue weighted by atomic mass is 10.2. The number of aromatic nitrogens is 4. The largest absolute Gasteiger partial charge is 0.368 e. The lowest BCUT2D eigenvalue weighted by Crippen LogP contribution is -2.50. The van der Waals surface area contributed by atoms with E-state index in [1.165, 1.54) is 21.1 Å². The third-order valence-electron chi connectivity index (χ3n) is 6.34. The van der Waals surface area contributed by atoms with E-state index in [9.17, 15) is 18.8 Å². The fourth-order valence-electron chi connectivity index (χ4n) is 4.59. The van der Waals surface area contributed by atoms with Gasteiger partial charge in [0.15, 0.2) is 0 Å². The van der Waals surface area contributed by atoms with E-state index >= 15 is 0 Å². The second-order valence-electron chi connectivity index (χ2n) is 9.25. The molecule has 9 nitrogen and oxygen atoms in total. The predicted molar refractivity (Wildman–Crippen MR) is 131 cm³/mol. The molecule has 1 amide bonds. The molecule has 10 heteroatoms. The standard InChI is InChI=1S/C25H27FN6O3/c1-17(2)15-30-23(34)20-5-3-4-6-21(20)32-24(30)27-31(25(32)35)16-22(33)29-13-11-28(12-14-29)19-9-7-18(26)8-10-19/h3-10,17H,11-16H2,1-2H3. The molecule has 0 aliphatic carbocycles. The molecule has 0 saturated carbocycles. The molecule has 3 heterocycles. The van der Waals surface area contributed by atoms with E-state index in [0.717, 1.165) is 10.4 Å². The van der Waals surface area contributed by atoms with Gasteiger partial charge in [-0.1, -0.05) is 26.0 Å². The maximum atomic E-state index is 13.3. The van der Waals surface area contributed by atoms with Gasteiger partial charge in [0.1, 0.15) is 12.4 Å². The second-order valence-corrected chi connectivity index (χ2v) is 9.25. The van der Waals surface area contributed by atoms with Gasteiger partial charge < -0.3 is 9.80 Å². The van der Waals surface area contributed by atoms with Crippen molar-refractivity contribution in [1.82, 2.24) is 23.6 Å². The molecule has 1 aliphatic heterocycles. The Kier molecular flexibility index (Phi) is 5.88. The van der Waals surface area contributed by atoms with Gasteiger partial charge in [-0.05, 0) is 42.3 Å². The first kappa shape index (κ1) is 22.8. The molecule has 0 atom stereocenters. The van der Waals surface area contributed by atoms with E-state index in [4.69, 9.17) is 0 Å². The van der Waals surface area contributed by atoms with Crippen molar-refractivity contribution in [1.29, 1.82) is 0 Å². The molecule has 0 bridgehead atoms. The molecule has 0 radical (unpaired) electrons. The zero-order chi connectivity index (χ0) is 24.7. The number of carbonyl (C=O) groups is 1. The molecule has 2 aromatic carbocycles. The van der Waals surface area contributed by atoms with Crippen LogP contribution in [0.2, 0.25) is 0 Å². The molecule has 35 heavy (non-hydrogen) atoms. The normalized spacial score (nSPS) is 14.4. The van der Waals surface area contributed by atoms with Gasteiger partial charge in [-0.25, -0.2) is 18.3 Å². The number of carbonyl (C=O) groups excluding carboxylic acids is 1. The highest BCUT2D eigenvalue weighted by molar-refractivity contribution is 5.80. The van der Waals surface area contributed by atoms with Crippen molar-refractivity contribution in [3.8, 4) is 0 Å². The Hall–Kier alpha value is -3.95. The van der Waals surface area contributed by atoms with Crippen molar-refractivity contribution in [2.24, 2.45) is 5.92 Å². The monoisotopic (exact) mass is 478 g/mol. The summed E-state index contributed by atoms with van der Waals surface area (Å²) in [6.45, 7) is 6.36. The van der Waals surface area contributed by atoms with Gasteiger partial charge in [0.05, 0.1) is 10.9 Å². The molecule has 4 aromatic rings. The minimum Gasteiger partial charge on any atom is -0.368 e. The van der Waals surface area contributed by atoms with Crippen LogP contribution in [0.3, 0.4) is 0 Å². The summed E-state index contributed by atoms with van der Waals surface area (Å²) < 4.78 is 17.3. The number of rotatable bonds is 5. The van der Waals surface area contributed by atoms with E-state index in [2.05, 4.69) is 10.00 Å². The van der Waals surface area contributed by atoms with Crippen molar-refractivity contribution in [3.63, 3.8) is 0 Å². The fourth-order valence-corrected chi connectivity index (χ4v) is 4.59. The number of amides is 1. The van der Waals surface area contributed by atoms with Crippen molar-refractivity contribution in [2.45, 2.75) is 26.9 Å². The summed E-state index contributed by atoms with van der Waals surface area (Å²) in [6, 6.07) is 13.2. The zero-order valence-electron chi connectivity index (χ0n) is 19.7. The summed E-state index contributed by atoms with van der Waals surface area (Å²) in [6.07, 6.45) is 0. The molecule has 1 fully saturated rings. The molecule has 5 rings (SSSR count). The number of hydrogen-bond acceptors (Lipinski definition) is 5. The van der Waals surface area contributed by atoms with Gasteiger partial charge in [0, 0.05) is 38.4 Å². The molecule has 182 valence electrons. The summed E-state index contributed by atoms with van der Waals surface area (Å²) >= 11 is 0. The van der Waals surface area contributed by atoms with Crippen LogP contribution in [0.25, 0.3) is 16.7 Å². The average molecular weight is 479 g/mol. The quantitative estimate of drug-likeness (QED) is 0.438. The van der Waals surface area contributed by atoms with Crippen LogP contribution in [0, 0.1) is 11.7 Å². The molecule has 0 unspecified atom stereocenters. The van der Waals surface area contributed by atoms with E-state index in [-0.39, 0.29) is 35.5 Å². The summed E-state index contributed by atoms with van der Waals surface area (Å²) in [5, 5.41) is 4.85. The average Bonchev–Trinajstić information content (AvgIpc) is 3.18. The maximum Gasteiger partial charge on any atom is 0.352 e. The molecule has 1 saturated heterocycles. The Morgan fingerprint density at radius 3 is 2.37 bits per heavy atom. The van der Waals surface area contributed by atoms with Gasteiger partial charge in [-0.15, -0.1) is 5.10 Å². The smallest absolute Gasteiger partial charge is 0.352 e. The van der Waals surface area contributed by atoms with E-state index < -0.39 is 5.69 Å². The first-order valence-corrected chi connectivity index (χ1v) is 11.7. The number of hydrogen-bond donors (Lipinski definition) is 0. The summed E-state index contributed by atoms with van der Waals surface area (Å²) in [7, 11) is 0. The number of benzene rings is 2. The minimum absolute atomic E-state index is 0.164. The molecule has 0 spiro atoms. The Bertz CT molecular complexity index is 1510. The van der Waals surface area contributed by atoms with E-state index in [1.807, 2.05) is 13.8 Å². The maximum absolute atomic E-state index is 13.3. The summed E-state index contributed by atoms with van der Waals surface area (Å²) in [4.78, 5) is 43.3. The van der Waals surface area contributed by atoms with Crippen molar-refractivity contribution in [3.05, 3.63) is 75.2 Å². The van der Waals surface area contributed by atoms with Gasteiger partial charge in [-0.3, -0.25) is 14.2 Å². The third kappa shape index (κ3) is 4.20. The lowest BCUT2D eigenvalue weighted by Gasteiger charge is -2.36. The Morgan fingerprint density at radius 2 is 1.69 bits per heavy atom. The number of anilines is 1. The molecule has 0 N–H and O–H groups in total. The number of piperazine rings is 1. The van der Waals surface area contributed by atoms with Crippen molar-refractivity contribution in [2.75, 3.05) is 31.1 Å². The van der Waals surface area contributed by atoms with Crippen LogP contribution in [-0.4, -0.2) is 55.7 Å². The molecular formula is C25H27FN6O3. The number of fused-ring (bicyclic) bond motifs is 3. The Morgan fingerprint density at radius 1 is 1.00 bits per heavy atom. The predicted octanol–water partition coefficient (Wildman–Crippen LogP) is 1.95. The lowest BCUT2D eigenvalue weighted by molar-refractivity contribution is -0.132. The van der Waals surface area contributed by atoms with Gasteiger partial charge in [0.25, 0.3) is 5.56 Å². The zero-order valence-corrected chi connectivity index (χ0v) is 19.7. The second kappa shape index (κ2) is 9.01. The van der Waals surface area contributed by atoms with Crippen LogP contribution in [0.5, 0.6) is 0 Å². The van der Waals surface area contributed by atoms with Crippen LogP contribution < -0.4 is 16.1 Å². The van der Waals surface area contributed by atoms with Crippen LogP contribution in [0.15, 0.2) is 58.1 Å². The first-order valence-electron chi connectivity index (χ1n) is 11.7. The van der Waals surface area contributed by atoms with Crippen LogP contribution in [0.1, 0.15) is 13.8 Å². The fraction of sp³-hybridized carbons (Fsp3) is 0.360. The van der Waals surface area contributed by atoms with Crippen LogP contribution >= 0.6 is 0 Å². The third-order valence-corrected chi connectivity index (χ3v) is 6.34. The van der Waals surface area contributed by atoms with Gasteiger partial charge in [0.2, 0.25) is 11.7 Å². The number of halogens is 1.